The molecule has 1 amide bonds. The Balaban J connectivity index is 1.86. The number of carbonyl (C=O) groups is 1. The second-order valence-corrected chi connectivity index (χ2v) is 6.88. The quantitative estimate of drug-likeness (QED) is 0.739. The van der Waals surface area contributed by atoms with Gasteiger partial charge in [-0.1, -0.05) is 6.42 Å². The molecule has 4 N–H and O–H groups in total. The monoisotopic (exact) mass is 282 g/mol. The Morgan fingerprint density at radius 2 is 2.10 bits per heavy atom. The van der Waals surface area contributed by atoms with E-state index in [9.17, 15) is 4.79 Å². The van der Waals surface area contributed by atoms with E-state index in [2.05, 4.69) is 23.9 Å². The number of hydrogen-bond acceptors (Lipinski definition) is 4. The van der Waals surface area contributed by atoms with Crippen LogP contribution in [0.1, 0.15) is 38.5 Å². The van der Waals surface area contributed by atoms with Gasteiger partial charge in [0.1, 0.15) is 0 Å². The molecule has 0 spiro atoms. The molecule has 1 heterocycles. The molecule has 0 radical (unpaired) electrons. The molecular formula is C15H30N4O. The molecule has 0 aromatic heterocycles. The van der Waals surface area contributed by atoms with Crippen LogP contribution in [0.4, 0.5) is 0 Å². The van der Waals surface area contributed by atoms with Crippen LogP contribution in [0, 0.1) is 5.92 Å². The van der Waals surface area contributed by atoms with Crippen LogP contribution in [0.3, 0.4) is 0 Å². The van der Waals surface area contributed by atoms with Gasteiger partial charge < -0.3 is 16.4 Å². The van der Waals surface area contributed by atoms with Crippen LogP contribution in [0.2, 0.25) is 0 Å². The van der Waals surface area contributed by atoms with Gasteiger partial charge in [0, 0.05) is 12.6 Å². The normalized spacial score (nSPS) is 35.0. The van der Waals surface area contributed by atoms with Gasteiger partial charge in [0.05, 0.1) is 5.54 Å². The van der Waals surface area contributed by atoms with Crippen LogP contribution in [-0.4, -0.2) is 61.0 Å². The Bertz CT molecular complexity index is 347. The van der Waals surface area contributed by atoms with Crippen molar-refractivity contribution in [3.63, 3.8) is 0 Å². The average molecular weight is 282 g/mol. The third-order valence-corrected chi connectivity index (χ3v) is 5.17. The van der Waals surface area contributed by atoms with Crippen LogP contribution in [-0.2, 0) is 4.79 Å². The van der Waals surface area contributed by atoms with Crippen LogP contribution < -0.4 is 11.5 Å². The van der Waals surface area contributed by atoms with Gasteiger partial charge in [-0.3, -0.25) is 9.69 Å². The van der Waals surface area contributed by atoms with Gasteiger partial charge in [0.2, 0.25) is 5.91 Å². The van der Waals surface area contributed by atoms with Gasteiger partial charge in [-0.15, -0.1) is 0 Å². The molecule has 116 valence electrons. The van der Waals surface area contributed by atoms with Gasteiger partial charge in [-0.2, -0.15) is 0 Å². The fourth-order valence-electron chi connectivity index (χ4n) is 3.97. The maximum atomic E-state index is 11.6. The SMILES string of the molecule is CN(C)CC1CCCN1CCC1CCCC1(N)C(N)=O. The summed E-state index contributed by atoms with van der Waals surface area (Å²) in [7, 11) is 4.26. The minimum absolute atomic E-state index is 0.264. The summed E-state index contributed by atoms with van der Waals surface area (Å²) in [5.41, 5.74) is 11.0. The van der Waals surface area contributed by atoms with Gasteiger partial charge in [0.25, 0.3) is 0 Å². The second kappa shape index (κ2) is 6.41. The van der Waals surface area contributed by atoms with E-state index in [1.165, 1.54) is 19.4 Å². The number of carbonyl (C=O) groups excluding carboxylic acids is 1. The molecule has 0 aromatic rings. The smallest absolute Gasteiger partial charge is 0.237 e. The van der Waals surface area contributed by atoms with Gasteiger partial charge in [0.15, 0.2) is 0 Å². The number of likely N-dealkylation sites (N-methyl/N-ethyl adjacent to an activating group) is 1. The van der Waals surface area contributed by atoms with Crippen molar-refractivity contribution in [2.24, 2.45) is 17.4 Å². The van der Waals surface area contributed by atoms with E-state index in [0.717, 1.165) is 38.8 Å². The second-order valence-electron chi connectivity index (χ2n) is 6.88. The molecule has 5 nitrogen and oxygen atoms in total. The molecule has 0 aromatic carbocycles. The van der Waals surface area contributed by atoms with Crippen LogP contribution in [0.15, 0.2) is 0 Å². The van der Waals surface area contributed by atoms with Crippen molar-refractivity contribution in [2.75, 3.05) is 33.7 Å². The van der Waals surface area contributed by atoms with Crippen molar-refractivity contribution in [2.45, 2.75) is 50.1 Å². The predicted octanol–water partition coefficient (Wildman–Crippen LogP) is 0.385. The summed E-state index contributed by atoms with van der Waals surface area (Å²) in [6.07, 6.45) is 6.41. The number of hydrogen-bond donors (Lipinski definition) is 2. The summed E-state index contributed by atoms with van der Waals surface area (Å²) in [5.74, 6) is -0.0492. The molecule has 3 unspecified atom stereocenters. The van der Waals surface area contributed by atoms with Crippen molar-refractivity contribution in [1.29, 1.82) is 0 Å². The molecule has 2 rings (SSSR count). The fraction of sp³-hybridized carbons (Fsp3) is 0.933. The highest BCUT2D eigenvalue weighted by Gasteiger charge is 2.44. The topological polar surface area (TPSA) is 75.6 Å². The van der Waals surface area contributed by atoms with Crippen LogP contribution in [0.5, 0.6) is 0 Å². The van der Waals surface area contributed by atoms with Crippen molar-refractivity contribution in [3.8, 4) is 0 Å². The highest BCUT2D eigenvalue weighted by Crippen LogP contribution is 2.36. The molecular weight excluding hydrogens is 252 g/mol. The van der Waals surface area contributed by atoms with Gasteiger partial charge in [-0.05, 0) is 65.2 Å². The minimum atomic E-state index is -0.753. The maximum Gasteiger partial charge on any atom is 0.237 e. The zero-order valence-corrected chi connectivity index (χ0v) is 13.0. The van der Waals surface area contributed by atoms with E-state index in [1.54, 1.807) is 0 Å². The summed E-state index contributed by atoms with van der Waals surface area (Å²) in [5, 5.41) is 0. The maximum absolute atomic E-state index is 11.6. The molecule has 5 heteroatoms. The first-order chi connectivity index (χ1) is 9.43. The minimum Gasteiger partial charge on any atom is -0.368 e. The predicted molar refractivity (Wildman–Crippen MR) is 81.2 cm³/mol. The number of nitrogens with zero attached hydrogens (tertiary/aromatic N) is 2. The fourth-order valence-corrected chi connectivity index (χ4v) is 3.97. The Morgan fingerprint density at radius 3 is 2.75 bits per heavy atom. The lowest BCUT2D eigenvalue weighted by Crippen LogP contribution is -2.55. The zero-order valence-electron chi connectivity index (χ0n) is 13.0. The summed E-state index contributed by atoms with van der Waals surface area (Å²) < 4.78 is 0. The van der Waals surface area contributed by atoms with Gasteiger partial charge >= 0.3 is 0 Å². The van der Waals surface area contributed by atoms with E-state index in [4.69, 9.17) is 11.5 Å². The zero-order chi connectivity index (χ0) is 14.8. The molecule has 20 heavy (non-hydrogen) atoms. The highest BCUT2D eigenvalue weighted by molar-refractivity contribution is 5.85. The van der Waals surface area contributed by atoms with Crippen molar-refractivity contribution in [3.05, 3.63) is 0 Å². The van der Waals surface area contributed by atoms with Crippen LogP contribution >= 0.6 is 0 Å². The van der Waals surface area contributed by atoms with Crippen molar-refractivity contribution >= 4 is 5.91 Å². The summed E-state index contributed by atoms with van der Waals surface area (Å²) in [6.45, 7) is 3.35. The van der Waals surface area contributed by atoms with Gasteiger partial charge in [-0.25, -0.2) is 0 Å². The van der Waals surface area contributed by atoms with Crippen LogP contribution in [0.25, 0.3) is 0 Å². The van der Waals surface area contributed by atoms with E-state index >= 15 is 0 Å². The largest absolute Gasteiger partial charge is 0.368 e. The highest BCUT2D eigenvalue weighted by atomic mass is 16.1. The van der Waals surface area contributed by atoms with E-state index in [0.29, 0.717) is 6.04 Å². The number of likely N-dealkylation sites (tertiary alicyclic amines) is 1. The molecule has 3 atom stereocenters. The number of amides is 1. The Morgan fingerprint density at radius 1 is 1.35 bits per heavy atom. The molecule has 0 bridgehead atoms. The molecule has 2 aliphatic rings. The van der Waals surface area contributed by atoms with E-state index in [1.807, 2.05) is 0 Å². The molecule has 1 saturated carbocycles. The summed E-state index contributed by atoms with van der Waals surface area (Å²) in [4.78, 5) is 16.4. The number of rotatable bonds is 6. The first-order valence-electron chi connectivity index (χ1n) is 7.91. The molecule has 2 fully saturated rings. The lowest BCUT2D eigenvalue weighted by Gasteiger charge is -2.32. The number of nitrogens with two attached hydrogens (primary N) is 2. The van der Waals surface area contributed by atoms with E-state index < -0.39 is 5.54 Å². The number of primary amides is 1. The Kier molecular flexibility index (Phi) is 5.04. The Hall–Kier alpha value is -0.650. The Labute approximate surface area is 122 Å². The third kappa shape index (κ3) is 3.32. The lowest BCUT2D eigenvalue weighted by atomic mass is 9.85. The van der Waals surface area contributed by atoms with Crippen molar-refractivity contribution in [1.82, 2.24) is 9.80 Å². The average Bonchev–Trinajstić information content (AvgIpc) is 2.94. The summed E-state index contributed by atoms with van der Waals surface area (Å²) >= 11 is 0. The van der Waals surface area contributed by atoms with Crippen molar-refractivity contribution < 1.29 is 4.79 Å². The first kappa shape index (κ1) is 15.7. The molecule has 1 aliphatic heterocycles. The van der Waals surface area contributed by atoms with E-state index in [-0.39, 0.29) is 11.8 Å². The lowest BCUT2D eigenvalue weighted by molar-refractivity contribution is -0.124. The standard InChI is InChI=1S/C15H30N4O/c1-18(2)11-13-6-4-9-19(13)10-7-12-5-3-8-15(12,17)14(16)20/h12-13H,3-11,17H2,1-2H3,(H2,16,20). The first-order valence-corrected chi connectivity index (χ1v) is 7.91. The molecule has 1 aliphatic carbocycles. The third-order valence-electron chi connectivity index (χ3n) is 5.17. The summed E-state index contributed by atoms with van der Waals surface area (Å²) in [6, 6.07) is 0.659. The molecule has 1 saturated heterocycles.